The van der Waals surface area contributed by atoms with Crippen molar-refractivity contribution in [2.45, 2.75) is 13.5 Å². The van der Waals surface area contributed by atoms with Gasteiger partial charge < -0.3 is 15.4 Å². The lowest BCUT2D eigenvalue weighted by atomic mass is 10.1. The van der Waals surface area contributed by atoms with Crippen molar-refractivity contribution in [3.63, 3.8) is 0 Å². The molecular formula is C14H14N2O3. The lowest BCUT2D eigenvalue weighted by Crippen LogP contribution is -2.23. The van der Waals surface area contributed by atoms with Gasteiger partial charge in [-0.2, -0.15) is 0 Å². The number of carbonyl (C=O) groups excluding carboxylic acids is 1. The van der Waals surface area contributed by atoms with Gasteiger partial charge in [0.2, 0.25) is 0 Å². The maximum absolute atomic E-state index is 11.8. The van der Waals surface area contributed by atoms with Crippen LogP contribution in [-0.2, 0) is 6.54 Å². The van der Waals surface area contributed by atoms with Crippen LogP contribution in [-0.4, -0.2) is 16.0 Å². The van der Waals surface area contributed by atoms with Gasteiger partial charge in [0.25, 0.3) is 11.5 Å². The summed E-state index contributed by atoms with van der Waals surface area (Å²) in [6.45, 7) is 2.35. The van der Waals surface area contributed by atoms with Crippen LogP contribution in [0.25, 0.3) is 0 Å². The van der Waals surface area contributed by atoms with Gasteiger partial charge in [-0.1, -0.05) is 29.8 Å². The average molecular weight is 258 g/mol. The minimum Gasteiger partial charge on any atom is -0.507 e. The Labute approximate surface area is 109 Å². The Morgan fingerprint density at radius 2 is 2.00 bits per heavy atom. The van der Waals surface area contributed by atoms with Gasteiger partial charge in [-0.05, 0) is 12.5 Å². The van der Waals surface area contributed by atoms with Gasteiger partial charge in [0, 0.05) is 18.8 Å². The average Bonchev–Trinajstić information content (AvgIpc) is 2.37. The molecule has 0 aliphatic heterocycles. The molecular weight excluding hydrogens is 244 g/mol. The highest BCUT2D eigenvalue weighted by Crippen LogP contribution is 2.12. The molecule has 1 aromatic carbocycles. The van der Waals surface area contributed by atoms with Crippen molar-refractivity contribution >= 4 is 5.91 Å². The number of benzene rings is 1. The summed E-state index contributed by atoms with van der Waals surface area (Å²) in [5.41, 5.74) is 1.70. The molecule has 5 nitrogen and oxygen atoms in total. The third kappa shape index (κ3) is 3.22. The Morgan fingerprint density at radius 3 is 2.63 bits per heavy atom. The normalized spacial score (nSPS) is 10.2. The molecule has 1 heterocycles. The molecule has 0 aliphatic carbocycles. The van der Waals surface area contributed by atoms with Gasteiger partial charge in [0.05, 0.1) is 5.56 Å². The van der Waals surface area contributed by atoms with Gasteiger partial charge in [-0.3, -0.25) is 9.59 Å². The summed E-state index contributed by atoms with van der Waals surface area (Å²) >= 11 is 0. The van der Waals surface area contributed by atoms with E-state index in [9.17, 15) is 14.7 Å². The van der Waals surface area contributed by atoms with E-state index in [1.54, 1.807) is 0 Å². The van der Waals surface area contributed by atoms with Crippen molar-refractivity contribution in [1.82, 2.24) is 10.3 Å². The number of pyridine rings is 1. The lowest BCUT2D eigenvalue weighted by Gasteiger charge is -2.06. The Hall–Kier alpha value is -2.56. The van der Waals surface area contributed by atoms with E-state index in [1.807, 2.05) is 31.2 Å². The lowest BCUT2D eigenvalue weighted by molar-refractivity contribution is 0.0948. The van der Waals surface area contributed by atoms with Crippen LogP contribution in [0.15, 0.2) is 41.3 Å². The highest BCUT2D eigenvalue weighted by molar-refractivity contribution is 5.96. The summed E-state index contributed by atoms with van der Waals surface area (Å²) in [5.74, 6) is -0.764. The van der Waals surface area contributed by atoms with Crippen molar-refractivity contribution in [3.05, 3.63) is 63.6 Å². The Morgan fingerprint density at radius 1 is 1.32 bits per heavy atom. The van der Waals surface area contributed by atoms with E-state index < -0.39 is 11.5 Å². The molecule has 0 bridgehead atoms. The zero-order valence-corrected chi connectivity index (χ0v) is 10.4. The fraction of sp³-hybridized carbons (Fsp3) is 0.143. The molecule has 3 N–H and O–H groups in total. The third-order valence-corrected chi connectivity index (χ3v) is 2.72. The summed E-state index contributed by atoms with van der Waals surface area (Å²) in [7, 11) is 0. The van der Waals surface area contributed by atoms with E-state index in [0.29, 0.717) is 6.54 Å². The first kappa shape index (κ1) is 12.9. The first-order valence-corrected chi connectivity index (χ1v) is 5.82. The van der Waals surface area contributed by atoms with Crippen LogP contribution >= 0.6 is 0 Å². The van der Waals surface area contributed by atoms with Crippen LogP contribution < -0.4 is 10.9 Å². The molecule has 1 amide bonds. The molecule has 2 aromatic rings. The predicted octanol–water partition coefficient (Wildman–Crippen LogP) is 1.32. The highest BCUT2D eigenvalue weighted by Gasteiger charge is 2.11. The van der Waals surface area contributed by atoms with E-state index in [1.165, 1.54) is 6.20 Å². The Bertz CT molecular complexity index is 644. The second-order valence-corrected chi connectivity index (χ2v) is 4.26. The van der Waals surface area contributed by atoms with Crippen molar-refractivity contribution < 1.29 is 9.90 Å². The number of amides is 1. The number of aromatic hydroxyl groups is 1. The summed E-state index contributed by atoms with van der Waals surface area (Å²) in [6.07, 6.45) is 1.20. The molecule has 0 saturated carbocycles. The van der Waals surface area contributed by atoms with Gasteiger partial charge in [-0.15, -0.1) is 0 Å². The molecule has 1 aromatic heterocycles. The van der Waals surface area contributed by atoms with E-state index in [2.05, 4.69) is 10.3 Å². The first-order valence-electron chi connectivity index (χ1n) is 5.82. The fourth-order valence-electron chi connectivity index (χ4n) is 1.63. The van der Waals surface area contributed by atoms with Crippen LogP contribution in [0.4, 0.5) is 0 Å². The summed E-state index contributed by atoms with van der Waals surface area (Å²) < 4.78 is 0. The minimum atomic E-state index is -0.451. The number of nitrogens with one attached hydrogen (secondary N) is 2. The number of aromatic amines is 1. The molecule has 0 atom stereocenters. The van der Waals surface area contributed by atoms with Gasteiger partial charge in [0.1, 0.15) is 5.75 Å². The number of aromatic nitrogens is 1. The van der Waals surface area contributed by atoms with E-state index in [0.717, 1.165) is 17.2 Å². The topological polar surface area (TPSA) is 82.2 Å². The molecule has 0 saturated heterocycles. The van der Waals surface area contributed by atoms with Crippen molar-refractivity contribution in [3.8, 4) is 5.75 Å². The number of H-pyrrole nitrogens is 1. The van der Waals surface area contributed by atoms with Crippen LogP contribution in [0.5, 0.6) is 5.75 Å². The molecule has 0 radical (unpaired) electrons. The molecule has 19 heavy (non-hydrogen) atoms. The number of aryl methyl sites for hydroxylation is 1. The molecule has 98 valence electrons. The molecule has 0 spiro atoms. The maximum Gasteiger partial charge on any atom is 0.256 e. The quantitative estimate of drug-likeness (QED) is 0.776. The highest BCUT2D eigenvalue weighted by atomic mass is 16.3. The first-order chi connectivity index (χ1) is 9.06. The largest absolute Gasteiger partial charge is 0.507 e. The number of rotatable bonds is 3. The van der Waals surface area contributed by atoms with Crippen molar-refractivity contribution in [1.29, 1.82) is 0 Å². The van der Waals surface area contributed by atoms with Crippen LogP contribution in [0.1, 0.15) is 21.5 Å². The van der Waals surface area contributed by atoms with E-state index in [4.69, 9.17) is 0 Å². The predicted molar refractivity (Wildman–Crippen MR) is 71.1 cm³/mol. The smallest absolute Gasteiger partial charge is 0.256 e. The second-order valence-electron chi connectivity index (χ2n) is 4.26. The standard InChI is InChI=1S/C14H14N2O3/c1-9-2-4-10(5-3-9)7-16-14(19)11-8-15-13(18)6-12(11)17/h2-6,8H,7H2,1H3,(H,16,19)(H2,15,17,18). The number of hydrogen-bond donors (Lipinski definition) is 3. The van der Waals surface area contributed by atoms with Gasteiger partial charge in [-0.25, -0.2) is 0 Å². The summed E-state index contributed by atoms with van der Waals surface area (Å²) in [6, 6.07) is 8.73. The molecule has 0 unspecified atom stereocenters. The second kappa shape index (κ2) is 5.39. The van der Waals surface area contributed by atoms with E-state index in [-0.39, 0.29) is 11.3 Å². The Balaban J connectivity index is 2.05. The summed E-state index contributed by atoms with van der Waals surface area (Å²) in [4.78, 5) is 25.1. The third-order valence-electron chi connectivity index (χ3n) is 2.72. The van der Waals surface area contributed by atoms with Crippen LogP contribution in [0.3, 0.4) is 0 Å². The van der Waals surface area contributed by atoms with Gasteiger partial charge in [0.15, 0.2) is 0 Å². The molecule has 0 fully saturated rings. The van der Waals surface area contributed by atoms with Crippen molar-refractivity contribution in [2.75, 3.05) is 0 Å². The molecule has 5 heteroatoms. The SMILES string of the molecule is Cc1ccc(CNC(=O)c2c[nH]c(=O)cc2O)cc1. The maximum atomic E-state index is 11.8. The van der Waals surface area contributed by atoms with Crippen LogP contribution in [0, 0.1) is 6.92 Å². The monoisotopic (exact) mass is 258 g/mol. The number of hydrogen-bond acceptors (Lipinski definition) is 3. The minimum absolute atomic E-state index is 0.0479. The van der Waals surface area contributed by atoms with Gasteiger partial charge >= 0.3 is 0 Å². The Kier molecular flexibility index (Phi) is 3.66. The van der Waals surface area contributed by atoms with E-state index >= 15 is 0 Å². The zero-order valence-electron chi connectivity index (χ0n) is 10.4. The fourth-order valence-corrected chi connectivity index (χ4v) is 1.63. The van der Waals surface area contributed by atoms with Crippen molar-refractivity contribution in [2.24, 2.45) is 0 Å². The summed E-state index contributed by atoms with van der Waals surface area (Å²) in [5, 5.41) is 12.2. The zero-order chi connectivity index (χ0) is 13.8. The van der Waals surface area contributed by atoms with Crippen LogP contribution in [0.2, 0.25) is 0 Å². The molecule has 2 rings (SSSR count). The molecule has 0 aliphatic rings. The number of carbonyl (C=O) groups is 1.